The van der Waals surface area contributed by atoms with E-state index in [1.54, 1.807) is 0 Å². The van der Waals surface area contributed by atoms with Crippen molar-refractivity contribution in [1.29, 1.82) is 0 Å². The van der Waals surface area contributed by atoms with Gasteiger partial charge in [-0.2, -0.15) is 11.8 Å². The Bertz CT molecular complexity index is 144. The zero-order valence-electron chi connectivity index (χ0n) is 7.30. The molecule has 11 heavy (non-hydrogen) atoms. The van der Waals surface area contributed by atoms with Gasteiger partial charge < -0.3 is 4.74 Å². The Hall–Kier alpha value is 0.0500. The Balaban J connectivity index is 2.20. The summed E-state index contributed by atoms with van der Waals surface area (Å²) in [4.78, 5) is 0. The molecule has 0 aromatic heterocycles. The molecule has 0 bridgehead atoms. The molecule has 1 heterocycles. The summed E-state index contributed by atoms with van der Waals surface area (Å²) in [6.45, 7) is 9.05. The second kappa shape index (κ2) is 4.17. The lowest BCUT2D eigenvalue weighted by atomic mass is 10.3. The molecule has 0 aromatic carbocycles. The summed E-state index contributed by atoms with van der Waals surface area (Å²) >= 11 is 1.98. The molecule has 0 spiro atoms. The molecule has 2 atom stereocenters. The standard InChI is InChI=1S/C9H16OS/c1-7(2)6-11-9-4-5-10-8(9)3/h8-9H,1,4-6H2,2-3H3. The first-order chi connectivity index (χ1) is 5.20. The van der Waals surface area contributed by atoms with Gasteiger partial charge in [0.05, 0.1) is 6.10 Å². The van der Waals surface area contributed by atoms with Crippen LogP contribution in [-0.4, -0.2) is 23.7 Å². The van der Waals surface area contributed by atoms with E-state index in [1.807, 2.05) is 11.8 Å². The normalized spacial score (nSPS) is 30.7. The predicted molar refractivity (Wildman–Crippen MR) is 51.1 cm³/mol. The second-order valence-corrected chi connectivity index (χ2v) is 4.40. The van der Waals surface area contributed by atoms with Crippen molar-refractivity contribution in [2.75, 3.05) is 12.4 Å². The summed E-state index contributed by atoms with van der Waals surface area (Å²) < 4.78 is 5.45. The number of hydrogen-bond donors (Lipinski definition) is 0. The summed E-state index contributed by atoms with van der Waals surface area (Å²) in [7, 11) is 0. The van der Waals surface area contributed by atoms with Gasteiger partial charge in [0.15, 0.2) is 0 Å². The van der Waals surface area contributed by atoms with Gasteiger partial charge in [-0.25, -0.2) is 0 Å². The fraction of sp³-hybridized carbons (Fsp3) is 0.778. The van der Waals surface area contributed by atoms with Crippen LogP contribution in [-0.2, 0) is 4.74 Å². The van der Waals surface area contributed by atoms with Crippen molar-refractivity contribution in [3.8, 4) is 0 Å². The Morgan fingerprint density at radius 2 is 2.45 bits per heavy atom. The Labute approximate surface area is 73.2 Å². The largest absolute Gasteiger partial charge is 0.377 e. The summed E-state index contributed by atoms with van der Waals surface area (Å²) in [6.07, 6.45) is 1.65. The van der Waals surface area contributed by atoms with Crippen LogP contribution in [0.25, 0.3) is 0 Å². The van der Waals surface area contributed by atoms with E-state index in [4.69, 9.17) is 4.74 Å². The lowest BCUT2D eigenvalue weighted by molar-refractivity contribution is 0.127. The van der Waals surface area contributed by atoms with Gasteiger partial charge >= 0.3 is 0 Å². The molecule has 1 nitrogen and oxygen atoms in total. The molecular weight excluding hydrogens is 156 g/mol. The highest BCUT2D eigenvalue weighted by Crippen LogP contribution is 2.26. The van der Waals surface area contributed by atoms with Crippen LogP contribution < -0.4 is 0 Å². The average Bonchev–Trinajstić information content (AvgIpc) is 2.31. The summed E-state index contributed by atoms with van der Waals surface area (Å²) in [5, 5.41) is 0.701. The monoisotopic (exact) mass is 172 g/mol. The van der Waals surface area contributed by atoms with Crippen LogP contribution in [0.2, 0.25) is 0 Å². The molecule has 0 aliphatic carbocycles. The van der Waals surface area contributed by atoms with Gasteiger partial charge in [0.2, 0.25) is 0 Å². The average molecular weight is 172 g/mol. The highest BCUT2D eigenvalue weighted by molar-refractivity contribution is 8.00. The SMILES string of the molecule is C=C(C)CSC1CCOC1C. The lowest BCUT2D eigenvalue weighted by Crippen LogP contribution is -2.13. The van der Waals surface area contributed by atoms with E-state index >= 15 is 0 Å². The molecular formula is C9H16OS. The maximum absolute atomic E-state index is 5.45. The molecule has 1 saturated heterocycles. The van der Waals surface area contributed by atoms with E-state index in [9.17, 15) is 0 Å². The minimum absolute atomic E-state index is 0.444. The Morgan fingerprint density at radius 3 is 2.91 bits per heavy atom. The zero-order chi connectivity index (χ0) is 8.27. The molecule has 1 aliphatic rings. The van der Waals surface area contributed by atoms with Crippen LogP contribution in [0.15, 0.2) is 12.2 Å². The Kier molecular flexibility index (Phi) is 3.46. The zero-order valence-corrected chi connectivity index (χ0v) is 8.12. The van der Waals surface area contributed by atoms with Crippen LogP contribution >= 0.6 is 11.8 Å². The van der Waals surface area contributed by atoms with E-state index in [0.717, 1.165) is 12.4 Å². The third kappa shape index (κ3) is 2.88. The smallest absolute Gasteiger partial charge is 0.0666 e. The van der Waals surface area contributed by atoms with Crippen molar-refractivity contribution < 1.29 is 4.74 Å². The molecule has 0 aromatic rings. The van der Waals surface area contributed by atoms with Crippen LogP contribution in [0.1, 0.15) is 20.3 Å². The van der Waals surface area contributed by atoms with Gasteiger partial charge in [0.1, 0.15) is 0 Å². The molecule has 0 saturated carbocycles. The first-order valence-electron chi connectivity index (χ1n) is 4.07. The molecule has 64 valence electrons. The van der Waals surface area contributed by atoms with E-state index in [1.165, 1.54) is 12.0 Å². The van der Waals surface area contributed by atoms with Crippen LogP contribution in [0.4, 0.5) is 0 Å². The molecule has 0 radical (unpaired) electrons. The minimum atomic E-state index is 0.444. The van der Waals surface area contributed by atoms with Crippen LogP contribution in [0.3, 0.4) is 0 Å². The maximum atomic E-state index is 5.45. The predicted octanol–water partition coefficient (Wildman–Crippen LogP) is 2.47. The van der Waals surface area contributed by atoms with Gasteiger partial charge in [0.25, 0.3) is 0 Å². The van der Waals surface area contributed by atoms with Gasteiger partial charge in [-0.05, 0) is 20.3 Å². The van der Waals surface area contributed by atoms with Gasteiger partial charge in [-0.1, -0.05) is 12.2 Å². The van der Waals surface area contributed by atoms with Crippen LogP contribution in [0, 0.1) is 0 Å². The quantitative estimate of drug-likeness (QED) is 0.605. The molecule has 1 fully saturated rings. The number of ether oxygens (including phenoxy) is 1. The second-order valence-electron chi connectivity index (χ2n) is 3.17. The highest BCUT2D eigenvalue weighted by Gasteiger charge is 2.23. The van der Waals surface area contributed by atoms with Crippen molar-refractivity contribution >= 4 is 11.8 Å². The van der Waals surface area contributed by atoms with Crippen LogP contribution in [0.5, 0.6) is 0 Å². The van der Waals surface area contributed by atoms with Gasteiger partial charge in [-0.15, -0.1) is 0 Å². The maximum Gasteiger partial charge on any atom is 0.0666 e. The number of thioether (sulfide) groups is 1. The third-order valence-electron chi connectivity index (χ3n) is 1.85. The fourth-order valence-electron chi connectivity index (χ4n) is 1.18. The lowest BCUT2D eigenvalue weighted by Gasteiger charge is -2.12. The minimum Gasteiger partial charge on any atom is -0.377 e. The van der Waals surface area contributed by atoms with Crippen molar-refractivity contribution in [3.05, 3.63) is 12.2 Å². The first kappa shape index (κ1) is 9.14. The van der Waals surface area contributed by atoms with E-state index in [0.29, 0.717) is 11.4 Å². The molecule has 0 amide bonds. The summed E-state index contributed by atoms with van der Waals surface area (Å²) in [5.41, 5.74) is 1.26. The highest BCUT2D eigenvalue weighted by atomic mass is 32.2. The molecule has 1 aliphatic heterocycles. The van der Waals surface area contributed by atoms with Crippen molar-refractivity contribution in [2.45, 2.75) is 31.6 Å². The van der Waals surface area contributed by atoms with E-state index < -0.39 is 0 Å². The summed E-state index contributed by atoms with van der Waals surface area (Å²) in [6, 6.07) is 0. The topological polar surface area (TPSA) is 9.23 Å². The molecule has 2 heteroatoms. The van der Waals surface area contributed by atoms with Gasteiger partial charge in [-0.3, -0.25) is 0 Å². The number of hydrogen-bond acceptors (Lipinski definition) is 2. The summed E-state index contributed by atoms with van der Waals surface area (Å²) in [5.74, 6) is 1.08. The first-order valence-corrected chi connectivity index (χ1v) is 5.12. The van der Waals surface area contributed by atoms with E-state index in [-0.39, 0.29) is 0 Å². The molecule has 1 rings (SSSR count). The van der Waals surface area contributed by atoms with Gasteiger partial charge in [0, 0.05) is 17.6 Å². The fourth-order valence-corrected chi connectivity index (χ4v) is 2.29. The van der Waals surface area contributed by atoms with Crippen molar-refractivity contribution in [1.82, 2.24) is 0 Å². The Morgan fingerprint density at radius 1 is 1.73 bits per heavy atom. The molecule has 0 N–H and O–H groups in total. The third-order valence-corrected chi connectivity index (χ3v) is 3.56. The number of rotatable bonds is 3. The molecule has 2 unspecified atom stereocenters. The van der Waals surface area contributed by atoms with Crippen molar-refractivity contribution in [3.63, 3.8) is 0 Å². The van der Waals surface area contributed by atoms with Crippen molar-refractivity contribution in [2.24, 2.45) is 0 Å². The van der Waals surface area contributed by atoms with E-state index in [2.05, 4.69) is 20.4 Å².